The third-order valence-electron chi connectivity index (χ3n) is 2.11. The maximum Gasteiger partial charge on any atom is 0.252 e. The number of hydrogen-bond donors (Lipinski definition) is 3. The van der Waals surface area contributed by atoms with Gasteiger partial charge in [-0.1, -0.05) is 29.8 Å². The Morgan fingerprint density at radius 2 is 1.82 bits per heavy atom. The number of benzene rings is 1. The van der Waals surface area contributed by atoms with Crippen molar-refractivity contribution in [3.8, 4) is 0 Å². The highest BCUT2D eigenvalue weighted by Crippen LogP contribution is 2.16. The van der Waals surface area contributed by atoms with Crippen LogP contribution in [0.4, 0.5) is 0 Å². The van der Waals surface area contributed by atoms with Crippen LogP contribution in [-0.4, -0.2) is 18.4 Å². The van der Waals surface area contributed by atoms with E-state index in [-0.39, 0.29) is 18.9 Å². The number of carbonyl (C=O) groups is 2. The first kappa shape index (κ1) is 13.5. The molecular formula is C11H14ClN3O2. The van der Waals surface area contributed by atoms with Crippen molar-refractivity contribution in [2.45, 2.75) is 12.8 Å². The van der Waals surface area contributed by atoms with Crippen LogP contribution < -0.4 is 16.6 Å². The lowest BCUT2D eigenvalue weighted by atomic mass is 10.1. The summed E-state index contributed by atoms with van der Waals surface area (Å²) in [5, 5.41) is 0.631. The molecule has 2 amide bonds. The molecule has 1 aromatic carbocycles. The van der Waals surface area contributed by atoms with Gasteiger partial charge in [0, 0.05) is 11.4 Å². The third kappa shape index (κ3) is 4.84. The summed E-state index contributed by atoms with van der Waals surface area (Å²) in [4.78, 5) is 22.1. The summed E-state index contributed by atoms with van der Waals surface area (Å²) in [6, 6.07) is 7.31. The molecule has 92 valence electrons. The molecule has 17 heavy (non-hydrogen) atoms. The minimum Gasteiger partial charge on any atom is -0.322 e. The molecule has 1 rings (SSSR count). The molecule has 0 aliphatic heterocycles. The predicted molar refractivity (Wildman–Crippen MR) is 65.1 cm³/mol. The molecule has 0 aliphatic carbocycles. The van der Waals surface area contributed by atoms with Crippen molar-refractivity contribution in [1.29, 1.82) is 0 Å². The van der Waals surface area contributed by atoms with Gasteiger partial charge in [-0.25, -0.2) is 0 Å². The van der Waals surface area contributed by atoms with E-state index in [1.54, 1.807) is 6.07 Å². The molecule has 0 saturated carbocycles. The second kappa shape index (κ2) is 6.88. The van der Waals surface area contributed by atoms with E-state index in [0.717, 1.165) is 5.56 Å². The summed E-state index contributed by atoms with van der Waals surface area (Å²) < 4.78 is 0. The van der Waals surface area contributed by atoms with E-state index in [4.69, 9.17) is 17.3 Å². The van der Waals surface area contributed by atoms with Crippen LogP contribution >= 0.6 is 11.6 Å². The van der Waals surface area contributed by atoms with E-state index in [1.807, 2.05) is 18.2 Å². The van der Waals surface area contributed by atoms with Crippen LogP contribution in [0.3, 0.4) is 0 Å². The van der Waals surface area contributed by atoms with Gasteiger partial charge in [-0.3, -0.25) is 20.4 Å². The van der Waals surface area contributed by atoms with E-state index in [0.29, 0.717) is 11.4 Å². The first-order valence-corrected chi connectivity index (χ1v) is 5.52. The first-order valence-electron chi connectivity index (χ1n) is 5.14. The van der Waals surface area contributed by atoms with Crippen LogP contribution in [0.25, 0.3) is 0 Å². The van der Waals surface area contributed by atoms with E-state index >= 15 is 0 Å². The fraction of sp³-hybridized carbons (Fsp3) is 0.273. The smallest absolute Gasteiger partial charge is 0.252 e. The molecule has 0 saturated heterocycles. The lowest BCUT2D eigenvalue weighted by Gasteiger charge is -2.06. The third-order valence-corrected chi connectivity index (χ3v) is 2.47. The van der Waals surface area contributed by atoms with Gasteiger partial charge in [0.25, 0.3) is 5.91 Å². The van der Waals surface area contributed by atoms with Crippen molar-refractivity contribution >= 4 is 23.4 Å². The summed E-state index contributed by atoms with van der Waals surface area (Å²) in [6.07, 6.45) is 0.762. The molecule has 0 heterocycles. The van der Waals surface area contributed by atoms with Gasteiger partial charge in [0.1, 0.15) is 0 Å². The molecule has 0 unspecified atom stereocenters. The Hall–Kier alpha value is -1.59. The van der Waals surface area contributed by atoms with Crippen molar-refractivity contribution in [3.63, 3.8) is 0 Å². The van der Waals surface area contributed by atoms with Crippen LogP contribution in [0, 0.1) is 0 Å². The largest absolute Gasteiger partial charge is 0.322 e. The molecule has 0 atom stereocenters. The van der Waals surface area contributed by atoms with Crippen LogP contribution in [0.15, 0.2) is 24.3 Å². The van der Waals surface area contributed by atoms with Gasteiger partial charge in [-0.05, 0) is 18.1 Å². The lowest BCUT2D eigenvalue weighted by molar-refractivity contribution is -0.128. The zero-order valence-corrected chi connectivity index (χ0v) is 9.96. The van der Waals surface area contributed by atoms with E-state index < -0.39 is 5.91 Å². The maximum atomic E-state index is 11.3. The summed E-state index contributed by atoms with van der Waals surface area (Å²) in [5.41, 5.74) is 10.4. The van der Waals surface area contributed by atoms with E-state index in [9.17, 15) is 9.59 Å². The first-order chi connectivity index (χ1) is 8.13. The van der Waals surface area contributed by atoms with Gasteiger partial charge in [0.15, 0.2) is 0 Å². The second-order valence-corrected chi connectivity index (χ2v) is 3.80. The summed E-state index contributed by atoms with van der Waals surface area (Å²) in [5.74, 6) is -0.720. The Bertz CT molecular complexity index is 409. The molecule has 0 fully saturated rings. The Morgan fingerprint density at radius 1 is 1.18 bits per heavy atom. The SMILES string of the molecule is NCC(=O)NNC(=O)CCc1ccccc1Cl. The Kier molecular flexibility index (Phi) is 5.45. The number of halogens is 1. The van der Waals surface area contributed by atoms with Crippen molar-refractivity contribution in [3.05, 3.63) is 34.9 Å². The van der Waals surface area contributed by atoms with Crippen molar-refractivity contribution < 1.29 is 9.59 Å². The highest BCUT2D eigenvalue weighted by molar-refractivity contribution is 6.31. The molecule has 6 heteroatoms. The highest BCUT2D eigenvalue weighted by atomic mass is 35.5. The van der Waals surface area contributed by atoms with Gasteiger partial charge in [0.05, 0.1) is 6.54 Å². The van der Waals surface area contributed by atoms with E-state index in [2.05, 4.69) is 10.9 Å². The Labute approximate surface area is 104 Å². The standard InChI is InChI=1S/C11H14ClN3O2/c12-9-4-2-1-3-8(9)5-6-10(16)14-15-11(17)7-13/h1-4H,5-7,13H2,(H,14,16)(H,15,17). The monoisotopic (exact) mass is 255 g/mol. The molecular weight excluding hydrogens is 242 g/mol. The van der Waals surface area contributed by atoms with Crippen LogP contribution in [0.2, 0.25) is 5.02 Å². The zero-order chi connectivity index (χ0) is 12.7. The van der Waals surface area contributed by atoms with Crippen LogP contribution in [0.1, 0.15) is 12.0 Å². The molecule has 0 aliphatic rings. The maximum absolute atomic E-state index is 11.3. The minimum atomic E-state index is -0.434. The number of nitrogens with one attached hydrogen (secondary N) is 2. The quantitative estimate of drug-likeness (QED) is 0.680. The van der Waals surface area contributed by atoms with Crippen molar-refractivity contribution in [2.24, 2.45) is 5.73 Å². The molecule has 5 nitrogen and oxygen atoms in total. The topological polar surface area (TPSA) is 84.2 Å². The lowest BCUT2D eigenvalue weighted by Crippen LogP contribution is -2.44. The molecule has 0 spiro atoms. The van der Waals surface area contributed by atoms with Crippen molar-refractivity contribution in [2.75, 3.05) is 6.54 Å². The van der Waals surface area contributed by atoms with Gasteiger partial charge in [-0.2, -0.15) is 0 Å². The Balaban J connectivity index is 2.34. The van der Waals surface area contributed by atoms with Gasteiger partial charge in [0.2, 0.25) is 5.91 Å². The van der Waals surface area contributed by atoms with Crippen LogP contribution in [-0.2, 0) is 16.0 Å². The number of hydrazine groups is 1. The predicted octanol–water partition coefficient (Wildman–Crippen LogP) is 0.379. The fourth-order valence-corrected chi connectivity index (χ4v) is 1.43. The average molecular weight is 256 g/mol. The summed E-state index contributed by atoms with van der Waals surface area (Å²) in [6.45, 7) is -0.162. The number of nitrogens with two attached hydrogens (primary N) is 1. The Morgan fingerprint density at radius 3 is 2.47 bits per heavy atom. The highest BCUT2D eigenvalue weighted by Gasteiger charge is 2.05. The molecule has 0 aromatic heterocycles. The molecule has 4 N–H and O–H groups in total. The molecule has 0 radical (unpaired) electrons. The minimum absolute atomic E-state index is 0.162. The number of carbonyl (C=O) groups excluding carboxylic acids is 2. The molecule has 0 bridgehead atoms. The summed E-state index contributed by atoms with van der Waals surface area (Å²) >= 11 is 5.94. The zero-order valence-electron chi connectivity index (χ0n) is 9.20. The number of rotatable bonds is 4. The normalized spacial score (nSPS) is 9.76. The number of aryl methyl sites for hydroxylation is 1. The summed E-state index contributed by atoms with van der Waals surface area (Å²) in [7, 11) is 0. The van der Waals surface area contributed by atoms with Gasteiger partial charge in [-0.15, -0.1) is 0 Å². The molecule has 1 aromatic rings. The fourth-order valence-electron chi connectivity index (χ4n) is 1.20. The van der Waals surface area contributed by atoms with Gasteiger partial charge < -0.3 is 5.73 Å². The van der Waals surface area contributed by atoms with Gasteiger partial charge >= 0.3 is 0 Å². The number of hydrogen-bond acceptors (Lipinski definition) is 3. The van der Waals surface area contributed by atoms with Crippen molar-refractivity contribution in [1.82, 2.24) is 10.9 Å². The number of amides is 2. The average Bonchev–Trinajstić information content (AvgIpc) is 2.35. The van der Waals surface area contributed by atoms with Crippen LogP contribution in [0.5, 0.6) is 0 Å². The second-order valence-electron chi connectivity index (χ2n) is 3.39. The van der Waals surface area contributed by atoms with E-state index in [1.165, 1.54) is 0 Å².